The molecule has 0 aliphatic rings. The van der Waals surface area contributed by atoms with Crippen molar-refractivity contribution in [3.05, 3.63) is 48.0 Å². The molecule has 0 fully saturated rings. The minimum absolute atomic E-state index is 0.412. The fourth-order valence-corrected chi connectivity index (χ4v) is 2.10. The fourth-order valence-electron chi connectivity index (χ4n) is 1.82. The average molecular weight is 245 g/mol. The number of anilines is 1. The van der Waals surface area contributed by atoms with E-state index in [1.54, 1.807) is 18.5 Å². The van der Waals surface area contributed by atoms with E-state index in [0.717, 1.165) is 16.9 Å². The van der Waals surface area contributed by atoms with Gasteiger partial charge in [-0.1, -0.05) is 11.6 Å². The Balaban J connectivity index is 2.36. The third kappa shape index (κ3) is 1.54. The van der Waals surface area contributed by atoms with E-state index in [1.165, 1.54) is 0 Å². The van der Waals surface area contributed by atoms with Gasteiger partial charge in [0.05, 0.1) is 5.69 Å². The monoisotopic (exact) mass is 244 g/mol. The summed E-state index contributed by atoms with van der Waals surface area (Å²) in [6.07, 6.45) is 5.33. The number of nitrogen functional groups attached to an aromatic ring is 1. The molecule has 0 atom stereocenters. The lowest BCUT2D eigenvalue weighted by atomic mass is 10.2. The molecule has 0 bridgehead atoms. The number of halogens is 1. The van der Waals surface area contributed by atoms with Gasteiger partial charge in [0.25, 0.3) is 0 Å². The first-order valence-corrected chi connectivity index (χ1v) is 5.47. The highest BCUT2D eigenvalue weighted by Gasteiger charge is 2.12. The van der Waals surface area contributed by atoms with Gasteiger partial charge in [-0.2, -0.15) is 0 Å². The predicted molar refractivity (Wildman–Crippen MR) is 67.8 cm³/mol. The van der Waals surface area contributed by atoms with Crippen LogP contribution in [0.4, 0.5) is 5.69 Å². The van der Waals surface area contributed by atoms with Gasteiger partial charge in [-0.3, -0.25) is 9.38 Å². The highest BCUT2D eigenvalue weighted by Crippen LogP contribution is 2.28. The molecule has 3 aromatic heterocycles. The standard InChI is InChI=1S/C12H9ClN4/c13-11-10-9(14)2-1-7-17(10)12(16-11)8-3-5-15-6-4-8/h1-7H,14H2. The zero-order valence-corrected chi connectivity index (χ0v) is 9.59. The largest absolute Gasteiger partial charge is 0.397 e. The van der Waals surface area contributed by atoms with Gasteiger partial charge in [0.15, 0.2) is 5.15 Å². The van der Waals surface area contributed by atoms with E-state index >= 15 is 0 Å². The molecule has 84 valence electrons. The quantitative estimate of drug-likeness (QED) is 0.716. The Morgan fingerprint density at radius 1 is 1.18 bits per heavy atom. The van der Waals surface area contributed by atoms with Gasteiger partial charge in [0, 0.05) is 24.2 Å². The Morgan fingerprint density at radius 3 is 2.71 bits per heavy atom. The summed E-state index contributed by atoms with van der Waals surface area (Å²) in [6, 6.07) is 7.44. The van der Waals surface area contributed by atoms with Crippen molar-refractivity contribution in [2.75, 3.05) is 5.73 Å². The smallest absolute Gasteiger partial charge is 0.157 e. The number of rotatable bonds is 1. The first-order chi connectivity index (χ1) is 8.27. The summed E-state index contributed by atoms with van der Waals surface area (Å²) < 4.78 is 1.88. The highest BCUT2D eigenvalue weighted by atomic mass is 35.5. The number of hydrogen-bond acceptors (Lipinski definition) is 3. The van der Waals surface area contributed by atoms with E-state index in [2.05, 4.69) is 9.97 Å². The maximum absolute atomic E-state index is 6.11. The molecule has 0 spiro atoms. The molecule has 0 saturated heterocycles. The van der Waals surface area contributed by atoms with Crippen LogP contribution >= 0.6 is 11.6 Å². The molecule has 17 heavy (non-hydrogen) atoms. The number of nitrogens with two attached hydrogens (primary N) is 1. The van der Waals surface area contributed by atoms with E-state index in [-0.39, 0.29) is 0 Å². The second kappa shape index (κ2) is 3.75. The van der Waals surface area contributed by atoms with Crippen molar-refractivity contribution in [1.82, 2.24) is 14.4 Å². The minimum atomic E-state index is 0.412. The van der Waals surface area contributed by atoms with Crippen LogP contribution in [0.15, 0.2) is 42.9 Å². The fraction of sp³-hybridized carbons (Fsp3) is 0. The van der Waals surface area contributed by atoms with E-state index in [4.69, 9.17) is 17.3 Å². The van der Waals surface area contributed by atoms with Crippen molar-refractivity contribution in [3.63, 3.8) is 0 Å². The third-order valence-electron chi connectivity index (χ3n) is 2.59. The molecule has 3 aromatic rings. The first kappa shape index (κ1) is 10.1. The lowest BCUT2D eigenvalue weighted by Crippen LogP contribution is -1.93. The van der Waals surface area contributed by atoms with Crippen LogP contribution in [0.2, 0.25) is 5.15 Å². The van der Waals surface area contributed by atoms with Gasteiger partial charge in [0.1, 0.15) is 11.3 Å². The SMILES string of the molecule is Nc1cccn2c(-c3ccncc3)nc(Cl)c12. The third-order valence-corrected chi connectivity index (χ3v) is 2.85. The van der Waals surface area contributed by atoms with Crippen LogP contribution in [-0.4, -0.2) is 14.4 Å². The molecule has 0 amide bonds. The van der Waals surface area contributed by atoms with E-state index in [0.29, 0.717) is 10.8 Å². The first-order valence-electron chi connectivity index (χ1n) is 5.10. The zero-order valence-electron chi connectivity index (χ0n) is 8.84. The van der Waals surface area contributed by atoms with Gasteiger partial charge in [-0.25, -0.2) is 4.98 Å². The van der Waals surface area contributed by atoms with Crippen molar-refractivity contribution in [1.29, 1.82) is 0 Å². The summed E-state index contributed by atoms with van der Waals surface area (Å²) in [7, 11) is 0. The van der Waals surface area contributed by atoms with Crippen LogP contribution in [0.3, 0.4) is 0 Å². The Morgan fingerprint density at radius 2 is 1.94 bits per heavy atom. The lowest BCUT2D eigenvalue weighted by Gasteiger charge is -2.01. The number of hydrogen-bond donors (Lipinski definition) is 1. The summed E-state index contributed by atoms with van der Waals surface area (Å²) >= 11 is 6.11. The Hall–Kier alpha value is -2.07. The Bertz CT molecular complexity index is 676. The second-order valence-corrected chi connectivity index (χ2v) is 4.00. The molecule has 0 unspecified atom stereocenters. The summed E-state index contributed by atoms with van der Waals surface area (Å²) in [6.45, 7) is 0. The van der Waals surface area contributed by atoms with Crippen molar-refractivity contribution in [2.24, 2.45) is 0 Å². The maximum atomic E-state index is 6.11. The maximum Gasteiger partial charge on any atom is 0.157 e. The van der Waals surface area contributed by atoms with Crippen molar-refractivity contribution < 1.29 is 0 Å². The molecule has 0 aromatic carbocycles. The summed E-state index contributed by atoms with van der Waals surface area (Å²) in [5.41, 5.74) is 8.20. The van der Waals surface area contributed by atoms with Crippen molar-refractivity contribution in [3.8, 4) is 11.4 Å². The second-order valence-electron chi connectivity index (χ2n) is 3.64. The number of pyridine rings is 2. The molecule has 0 aliphatic carbocycles. The van der Waals surface area contributed by atoms with Crippen LogP contribution in [-0.2, 0) is 0 Å². The molecular weight excluding hydrogens is 236 g/mol. The van der Waals surface area contributed by atoms with Crippen LogP contribution in [0.25, 0.3) is 16.9 Å². The van der Waals surface area contributed by atoms with Crippen LogP contribution in [0.1, 0.15) is 0 Å². The Kier molecular flexibility index (Phi) is 2.23. The highest BCUT2D eigenvalue weighted by molar-refractivity contribution is 6.33. The summed E-state index contributed by atoms with van der Waals surface area (Å²) in [4.78, 5) is 8.32. The van der Waals surface area contributed by atoms with Gasteiger partial charge >= 0.3 is 0 Å². The molecule has 3 heterocycles. The predicted octanol–water partition coefficient (Wildman–Crippen LogP) is 2.63. The van der Waals surface area contributed by atoms with Gasteiger partial charge in [0.2, 0.25) is 0 Å². The molecule has 0 aliphatic heterocycles. The number of imidazole rings is 1. The molecule has 3 rings (SSSR count). The normalized spacial score (nSPS) is 10.9. The molecule has 4 nitrogen and oxygen atoms in total. The number of aromatic nitrogens is 3. The number of nitrogens with zero attached hydrogens (tertiary/aromatic N) is 3. The zero-order chi connectivity index (χ0) is 11.8. The van der Waals surface area contributed by atoms with Crippen LogP contribution in [0.5, 0.6) is 0 Å². The van der Waals surface area contributed by atoms with E-state index in [1.807, 2.05) is 28.8 Å². The molecule has 0 radical (unpaired) electrons. The van der Waals surface area contributed by atoms with Gasteiger partial charge in [-0.05, 0) is 24.3 Å². The van der Waals surface area contributed by atoms with E-state index < -0.39 is 0 Å². The van der Waals surface area contributed by atoms with Crippen molar-refractivity contribution in [2.45, 2.75) is 0 Å². The van der Waals surface area contributed by atoms with Crippen LogP contribution < -0.4 is 5.73 Å². The van der Waals surface area contributed by atoms with Gasteiger partial charge < -0.3 is 5.73 Å². The Labute approximate surface area is 103 Å². The minimum Gasteiger partial charge on any atom is -0.397 e. The molecule has 0 saturated carbocycles. The van der Waals surface area contributed by atoms with Gasteiger partial charge in [-0.15, -0.1) is 0 Å². The topological polar surface area (TPSA) is 56.2 Å². The average Bonchev–Trinajstić information content (AvgIpc) is 2.69. The van der Waals surface area contributed by atoms with Crippen molar-refractivity contribution >= 4 is 22.8 Å². The molecule has 5 heteroatoms. The summed E-state index contributed by atoms with van der Waals surface area (Å²) in [5.74, 6) is 0.764. The lowest BCUT2D eigenvalue weighted by molar-refractivity contribution is 1.16. The van der Waals surface area contributed by atoms with E-state index in [9.17, 15) is 0 Å². The molecule has 2 N–H and O–H groups in total. The molecular formula is C12H9ClN4. The summed E-state index contributed by atoms with van der Waals surface area (Å²) in [5, 5.41) is 0.412. The van der Waals surface area contributed by atoms with Crippen LogP contribution in [0, 0.1) is 0 Å². The number of fused-ring (bicyclic) bond motifs is 1.